The highest BCUT2D eigenvalue weighted by molar-refractivity contribution is 7.13. The van der Waals surface area contributed by atoms with Gasteiger partial charge in [0.15, 0.2) is 11.4 Å². The van der Waals surface area contributed by atoms with E-state index < -0.39 is 23.9 Å². The van der Waals surface area contributed by atoms with Gasteiger partial charge in [-0.3, -0.25) is 9.36 Å². The van der Waals surface area contributed by atoms with Gasteiger partial charge in [-0.15, -0.1) is 24.5 Å². The Bertz CT molecular complexity index is 1180. The Hall–Kier alpha value is -3.31. The second kappa shape index (κ2) is 7.26. The molecular formula is C18H13F3N4O3S. The number of pyridine rings is 1. The molecule has 0 bridgehead atoms. The third kappa shape index (κ3) is 4.10. The van der Waals surface area contributed by atoms with Crippen LogP contribution < -0.4 is 15.6 Å². The molecule has 0 aliphatic heterocycles. The van der Waals surface area contributed by atoms with Crippen LogP contribution in [0.25, 0.3) is 16.7 Å². The number of nitrogens with zero attached hydrogens (tertiary/aromatic N) is 2. The molecule has 1 aromatic carbocycles. The number of ether oxygens (including phenoxy) is 1. The van der Waals surface area contributed by atoms with Crippen molar-refractivity contribution >= 4 is 27.5 Å². The number of fused-ring (bicyclic) bond motifs is 1. The van der Waals surface area contributed by atoms with Gasteiger partial charge in [-0.1, -0.05) is 0 Å². The van der Waals surface area contributed by atoms with Gasteiger partial charge in [0.2, 0.25) is 0 Å². The van der Waals surface area contributed by atoms with E-state index in [1.807, 2.05) is 0 Å². The first-order valence-electron chi connectivity index (χ1n) is 8.25. The fourth-order valence-corrected chi connectivity index (χ4v) is 3.38. The Labute approximate surface area is 165 Å². The zero-order valence-electron chi connectivity index (χ0n) is 14.5. The van der Waals surface area contributed by atoms with Crippen molar-refractivity contribution in [3.05, 3.63) is 70.1 Å². The van der Waals surface area contributed by atoms with Crippen LogP contribution in [0.5, 0.6) is 5.75 Å². The number of rotatable bonds is 5. The van der Waals surface area contributed by atoms with Gasteiger partial charge in [-0.25, -0.2) is 4.98 Å². The van der Waals surface area contributed by atoms with Crippen molar-refractivity contribution in [2.45, 2.75) is 12.6 Å². The highest BCUT2D eigenvalue weighted by atomic mass is 32.1. The lowest BCUT2D eigenvalue weighted by atomic mass is 10.2. The van der Waals surface area contributed by atoms with E-state index in [0.29, 0.717) is 27.5 Å². The molecule has 7 nitrogen and oxygen atoms in total. The Morgan fingerprint density at radius 3 is 2.62 bits per heavy atom. The monoisotopic (exact) mass is 422 g/mol. The summed E-state index contributed by atoms with van der Waals surface area (Å²) >= 11 is 1.32. The van der Waals surface area contributed by atoms with E-state index in [1.54, 1.807) is 23.7 Å². The van der Waals surface area contributed by atoms with Crippen molar-refractivity contribution < 1.29 is 23.0 Å². The highest BCUT2D eigenvalue weighted by Crippen LogP contribution is 2.26. The topological polar surface area (TPSA) is 92.2 Å². The molecule has 0 fully saturated rings. The zero-order chi connectivity index (χ0) is 20.6. The second-order valence-corrected chi connectivity index (χ2v) is 6.86. The van der Waals surface area contributed by atoms with Crippen molar-refractivity contribution in [3.63, 3.8) is 0 Å². The van der Waals surface area contributed by atoms with Gasteiger partial charge in [0.1, 0.15) is 11.4 Å². The van der Waals surface area contributed by atoms with Crippen molar-refractivity contribution in [2.24, 2.45) is 0 Å². The third-order valence-electron chi connectivity index (χ3n) is 4.01. The lowest BCUT2D eigenvalue weighted by Gasteiger charge is -2.11. The summed E-state index contributed by atoms with van der Waals surface area (Å²) in [6.45, 7) is 0. The number of nitrogens with one attached hydrogen (secondary N) is 2. The number of thiazole rings is 1. The second-order valence-electron chi connectivity index (χ2n) is 5.96. The van der Waals surface area contributed by atoms with Crippen LogP contribution >= 0.6 is 11.3 Å². The van der Waals surface area contributed by atoms with E-state index in [9.17, 15) is 23.1 Å². The Kier molecular flexibility index (Phi) is 4.76. The Morgan fingerprint density at radius 2 is 1.97 bits per heavy atom. The number of alkyl halides is 3. The molecule has 0 saturated carbocycles. The molecule has 0 radical (unpaired) electrons. The van der Waals surface area contributed by atoms with Crippen molar-refractivity contribution in [1.82, 2.24) is 14.5 Å². The van der Waals surface area contributed by atoms with E-state index in [1.165, 1.54) is 34.1 Å². The fraction of sp³-hybridized carbons (Fsp3) is 0.111. The van der Waals surface area contributed by atoms with Crippen LogP contribution in [0.2, 0.25) is 0 Å². The molecule has 3 aromatic heterocycles. The molecule has 1 atom stereocenters. The highest BCUT2D eigenvalue weighted by Gasteiger charge is 2.31. The minimum Gasteiger partial charge on any atom is -0.406 e. The number of aliphatic hydroxyl groups is 1. The van der Waals surface area contributed by atoms with Gasteiger partial charge < -0.3 is 20.1 Å². The quantitative estimate of drug-likeness (QED) is 0.426. The first-order chi connectivity index (χ1) is 13.8. The third-order valence-corrected chi connectivity index (χ3v) is 4.72. The maximum atomic E-state index is 12.4. The number of benzene rings is 1. The van der Waals surface area contributed by atoms with Crippen LogP contribution in [0.4, 0.5) is 18.3 Å². The first kappa shape index (κ1) is 19.0. The lowest BCUT2D eigenvalue weighted by Crippen LogP contribution is -2.18. The van der Waals surface area contributed by atoms with Gasteiger partial charge in [-0.05, 0) is 36.4 Å². The van der Waals surface area contributed by atoms with Gasteiger partial charge in [0.25, 0.3) is 5.56 Å². The Balaban J connectivity index is 1.70. The number of aromatic nitrogens is 3. The molecule has 4 aromatic rings. The van der Waals surface area contributed by atoms with Crippen molar-refractivity contribution in [2.75, 3.05) is 5.32 Å². The lowest BCUT2D eigenvalue weighted by molar-refractivity contribution is -0.274. The number of H-pyrrole nitrogens is 1. The molecule has 0 aliphatic carbocycles. The standard InChI is InChI=1S/C18H13F3N4O3S/c19-18(20,21)28-12-4-2-11(3-5-12)25-14(26)6-1-10-9-13(23-15(10)25)16(27)24-17-22-7-8-29-17/h1-9,16,23,27H,(H,22,24). The molecule has 4 rings (SSSR count). The normalized spacial score (nSPS) is 12.8. The van der Waals surface area contributed by atoms with Gasteiger partial charge in [0, 0.05) is 23.0 Å². The van der Waals surface area contributed by atoms with E-state index in [-0.39, 0.29) is 0 Å². The predicted molar refractivity (Wildman–Crippen MR) is 101 cm³/mol. The van der Waals surface area contributed by atoms with Crippen LogP contribution in [0.3, 0.4) is 0 Å². The average molecular weight is 422 g/mol. The summed E-state index contributed by atoms with van der Waals surface area (Å²) in [4.78, 5) is 19.4. The van der Waals surface area contributed by atoms with E-state index in [4.69, 9.17) is 0 Å². The van der Waals surface area contributed by atoms with Crippen molar-refractivity contribution in [1.29, 1.82) is 0 Å². The molecule has 1 unspecified atom stereocenters. The molecule has 0 saturated heterocycles. The van der Waals surface area contributed by atoms with Gasteiger partial charge in [0.05, 0.1) is 11.4 Å². The number of aromatic amines is 1. The number of halogens is 3. The summed E-state index contributed by atoms with van der Waals surface area (Å²) in [5.41, 5.74) is 0.729. The number of hydrogen-bond donors (Lipinski definition) is 3. The molecule has 0 spiro atoms. The zero-order valence-corrected chi connectivity index (χ0v) is 15.3. The Morgan fingerprint density at radius 1 is 1.21 bits per heavy atom. The summed E-state index contributed by atoms with van der Waals surface area (Å²) in [6.07, 6.45) is -4.30. The summed E-state index contributed by atoms with van der Waals surface area (Å²) in [7, 11) is 0. The molecule has 0 amide bonds. The SMILES string of the molecule is O=c1ccc2cc(C(O)Nc3nccs3)[nH]c2n1-c1ccc(OC(F)(F)F)cc1. The smallest absolute Gasteiger partial charge is 0.406 e. The number of aliphatic hydroxyl groups excluding tert-OH is 1. The van der Waals surface area contributed by atoms with Gasteiger partial charge in [-0.2, -0.15) is 0 Å². The average Bonchev–Trinajstić information content (AvgIpc) is 3.31. The molecule has 0 aliphatic rings. The van der Waals surface area contributed by atoms with E-state index in [0.717, 1.165) is 12.1 Å². The number of hydrogen-bond acceptors (Lipinski definition) is 6. The van der Waals surface area contributed by atoms with Crippen LogP contribution in [-0.4, -0.2) is 26.0 Å². The first-order valence-corrected chi connectivity index (χ1v) is 9.13. The summed E-state index contributed by atoms with van der Waals surface area (Å²) in [5.74, 6) is -0.392. The predicted octanol–water partition coefficient (Wildman–Crippen LogP) is 3.78. The van der Waals surface area contributed by atoms with Gasteiger partial charge >= 0.3 is 6.36 Å². The van der Waals surface area contributed by atoms with E-state index >= 15 is 0 Å². The maximum Gasteiger partial charge on any atom is 0.573 e. The van der Waals surface area contributed by atoms with Crippen molar-refractivity contribution in [3.8, 4) is 11.4 Å². The van der Waals surface area contributed by atoms with Crippen LogP contribution in [0, 0.1) is 0 Å². The minimum absolute atomic E-state index is 0.339. The molecule has 11 heteroatoms. The fourth-order valence-electron chi connectivity index (χ4n) is 2.83. The largest absolute Gasteiger partial charge is 0.573 e. The maximum absolute atomic E-state index is 12.4. The molecule has 29 heavy (non-hydrogen) atoms. The van der Waals surface area contributed by atoms with Crippen LogP contribution in [0.1, 0.15) is 11.9 Å². The number of anilines is 1. The summed E-state index contributed by atoms with van der Waals surface area (Å²) in [5, 5.41) is 16.1. The van der Waals surface area contributed by atoms with E-state index in [2.05, 4.69) is 20.0 Å². The summed E-state index contributed by atoms with van der Waals surface area (Å²) in [6, 6.07) is 9.51. The molecule has 3 heterocycles. The molecule has 150 valence electrons. The molecular weight excluding hydrogens is 409 g/mol. The minimum atomic E-state index is -4.80. The van der Waals surface area contributed by atoms with Crippen LogP contribution in [-0.2, 0) is 0 Å². The molecule has 3 N–H and O–H groups in total. The summed E-state index contributed by atoms with van der Waals surface area (Å²) < 4.78 is 42.2. The van der Waals surface area contributed by atoms with Crippen LogP contribution in [0.15, 0.2) is 58.8 Å².